The number of nitrogens with one attached hydrogen (secondary N) is 1. The van der Waals surface area contributed by atoms with Crippen molar-refractivity contribution in [3.05, 3.63) is 17.1 Å². The summed E-state index contributed by atoms with van der Waals surface area (Å²) in [7, 11) is 1.71. The minimum atomic E-state index is -0.00305. The van der Waals surface area contributed by atoms with Crippen molar-refractivity contribution < 1.29 is 4.74 Å². The van der Waals surface area contributed by atoms with Gasteiger partial charge >= 0.3 is 0 Å². The van der Waals surface area contributed by atoms with Crippen molar-refractivity contribution in [2.45, 2.75) is 46.6 Å². The van der Waals surface area contributed by atoms with E-state index in [9.17, 15) is 0 Å². The van der Waals surface area contributed by atoms with Crippen molar-refractivity contribution in [3.63, 3.8) is 0 Å². The zero-order valence-corrected chi connectivity index (χ0v) is 11.5. The highest BCUT2D eigenvalue weighted by Crippen LogP contribution is 2.22. The first-order valence-corrected chi connectivity index (χ1v) is 6.25. The van der Waals surface area contributed by atoms with E-state index in [-0.39, 0.29) is 6.10 Å². The third kappa shape index (κ3) is 3.40. The molecule has 0 radical (unpaired) electrons. The maximum Gasteiger partial charge on any atom is 0.159 e. The number of ether oxygens (including phenoxy) is 1. The Kier molecular flexibility index (Phi) is 5.35. The summed E-state index contributed by atoms with van der Waals surface area (Å²) >= 11 is 0. The van der Waals surface area contributed by atoms with E-state index in [0.29, 0.717) is 0 Å². The van der Waals surface area contributed by atoms with Gasteiger partial charge in [0, 0.05) is 24.9 Å². The summed E-state index contributed by atoms with van der Waals surface area (Å²) in [5.74, 6) is 1.71. The molecule has 1 aromatic heterocycles. The number of hydrogen-bond donors (Lipinski definition) is 1. The molecule has 0 saturated heterocycles. The molecule has 0 aliphatic heterocycles. The standard InChI is InChI=1S/C13H23N3O/c1-6-8-11(17-5)13-15-10(4)9(3)12(16-13)14-7-2/h11H,6-8H2,1-5H3,(H,14,15,16). The van der Waals surface area contributed by atoms with Crippen LogP contribution < -0.4 is 5.32 Å². The van der Waals surface area contributed by atoms with Crippen LogP contribution in [0.4, 0.5) is 5.82 Å². The van der Waals surface area contributed by atoms with Gasteiger partial charge in [0.15, 0.2) is 5.82 Å². The number of rotatable bonds is 6. The predicted molar refractivity (Wildman–Crippen MR) is 70.3 cm³/mol. The second-order valence-corrected chi connectivity index (χ2v) is 4.18. The van der Waals surface area contributed by atoms with Crippen molar-refractivity contribution in [1.82, 2.24) is 9.97 Å². The van der Waals surface area contributed by atoms with E-state index in [1.165, 1.54) is 0 Å². The lowest BCUT2D eigenvalue weighted by molar-refractivity contribution is 0.0875. The number of hydrogen-bond acceptors (Lipinski definition) is 4. The normalized spacial score (nSPS) is 12.5. The summed E-state index contributed by atoms with van der Waals surface area (Å²) in [5, 5.41) is 3.27. The van der Waals surface area contributed by atoms with E-state index in [2.05, 4.69) is 29.1 Å². The summed E-state index contributed by atoms with van der Waals surface area (Å²) in [6.45, 7) is 9.12. The van der Waals surface area contributed by atoms with Crippen LogP contribution in [0.1, 0.15) is 49.9 Å². The van der Waals surface area contributed by atoms with Crippen molar-refractivity contribution in [2.75, 3.05) is 19.0 Å². The molecule has 96 valence electrons. The van der Waals surface area contributed by atoms with Crippen LogP contribution in [0.5, 0.6) is 0 Å². The molecule has 0 amide bonds. The van der Waals surface area contributed by atoms with Crippen LogP contribution in [0.3, 0.4) is 0 Å². The van der Waals surface area contributed by atoms with Gasteiger partial charge in [-0.15, -0.1) is 0 Å². The fourth-order valence-corrected chi connectivity index (χ4v) is 1.75. The summed E-state index contributed by atoms with van der Waals surface area (Å²) in [6.07, 6.45) is 2.01. The predicted octanol–water partition coefficient (Wildman–Crippen LogP) is 3.01. The SMILES string of the molecule is CCCC(OC)c1nc(C)c(C)c(NCC)n1. The smallest absolute Gasteiger partial charge is 0.159 e. The van der Waals surface area contributed by atoms with Gasteiger partial charge in [0.1, 0.15) is 11.9 Å². The van der Waals surface area contributed by atoms with Gasteiger partial charge in [-0.2, -0.15) is 0 Å². The molecule has 1 aromatic rings. The third-order valence-electron chi connectivity index (χ3n) is 2.87. The molecule has 4 heteroatoms. The van der Waals surface area contributed by atoms with E-state index in [4.69, 9.17) is 4.74 Å². The minimum absolute atomic E-state index is 0.00305. The molecule has 17 heavy (non-hydrogen) atoms. The van der Waals surface area contributed by atoms with Gasteiger partial charge in [0.25, 0.3) is 0 Å². The zero-order chi connectivity index (χ0) is 12.8. The van der Waals surface area contributed by atoms with Gasteiger partial charge in [0.05, 0.1) is 0 Å². The van der Waals surface area contributed by atoms with E-state index in [1.54, 1.807) is 7.11 Å². The molecule has 1 rings (SSSR count). The highest BCUT2D eigenvalue weighted by Gasteiger charge is 2.16. The molecule has 1 heterocycles. The van der Waals surface area contributed by atoms with Gasteiger partial charge in [-0.1, -0.05) is 13.3 Å². The first-order valence-electron chi connectivity index (χ1n) is 6.25. The summed E-state index contributed by atoms with van der Waals surface area (Å²) < 4.78 is 5.45. The number of aromatic nitrogens is 2. The first-order chi connectivity index (χ1) is 8.13. The van der Waals surface area contributed by atoms with Gasteiger partial charge in [-0.3, -0.25) is 0 Å². The molecule has 0 aliphatic carbocycles. The first kappa shape index (κ1) is 13.9. The van der Waals surface area contributed by atoms with Crippen LogP contribution in [0.25, 0.3) is 0 Å². The lowest BCUT2D eigenvalue weighted by Crippen LogP contribution is -2.12. The van der Waals surface area contributed by atoms with Crippen molar-refractivity contribution >= 4 is 5.82 Å². The second-order valence-electron chi connectivity index (χ2n) is 4.18. The zero-order valence-electron chi connectivity index (χ0n) is 11.5. The molecule has 0 aromatic carbocycles. The Balaban J connectivity index is 3.07. The third-order valence-corrected chi connectivity index (χ3v) is 2.87. The Morgan fingerprint density at radius 1 is 1.24 bits per heavy atom. The highest BCUT2D eigenvalue weighted by atomic mass is 16.5. The maximum atomic E-state index is 5.45. The highest BCUT2D eigenvalue weighted by molar-refractivity contribution is 5.45. The molecular weight excluding hydrogens is 214 g/mol. The molecule has 0 saturated carbocycles. The largest absolute Gasteiger partial charge is 0.373 e. The molecule has 0 bridgehead atoms. The van der Waals surface area contributed by atoms with E-state index >= 15 is 0 Å². The Bertz CT molecular complexity index is 366. The van der Waals surface area contributed by atoms with Crippen molar-refractivity contribution in [1.29, 1.82) is 0 Å². The van der Waals surface area contributed by atoms with Gasteiger partial charge < -0.3 is 10.1 Å². The van der Waals surface area contributed by atoms with Gasteiger partial charge in [-0.05, 0) is 27.2 Å². The fraction of sp³-hybridized carbons (Fsp3) is 0.692. The maximum absolute atomic E-state index is 5.45. The number of nitrogens with zero attached hydrogens (tertiary/aromatic N) is 2. The Labute approximate surface area is 104 Å². The molecule has 0 spiro atoms. The quantitative estimate of drug-likeness (QED) is 0.826. The van der Waals surface area contributed by atoms with Crippen LogP contribution in [-0.2, 0) is 4.74 Å². The van der Waals surface area contributed by atoms with E-state index < -0.39 is 0 Å². The Morgan fingerprint density at radius 3 is 2.47 bits per heavy atom. The number of anilines is 1. The number of aryl methyl sites for hydroxylation is 1. The summed E-state index contributed by atoms with van der Waals surface area (Å²) in [4.78, 5) is 9.09. The molecule has 1 unspecified atom stereocenters. The molecule has 0 fully saturated rings. The van der Waals surface area contributed by atoms with Crippen LogP contribution in [0.15, 0.2) is 0 Å². The van der Waals surface area contributed by atoms with E-state index in [0.717, 1.165) is 42.3 Å². The fourth-order valence-electron chi connectivity index (χ4n) is 1.75. The lowest BCUT2D eigenvalue weighted by Gasteiger charge is -2.16. The van der Waals surface area contributed by atoms with Crippen LogP contribution in [0.2, 0.25) is 0 Å². The molecule has 1 atom stereocenters. The average Bonchev–Trinajstić information content (AvgIpc) is 2.32. The van der Waals surface area contributed by atoms with E-state index in [1.807, 2.05) is 13.8 Å². The topological polar surface area (TPSA) is 47.0 Å². The molecule has 1 N–H and O–H groups in total. The average molecular weight is 237 g/mol. The summed E-state index contributed by atoms with van der Waals surface area (Å²) in [6, 6.07) is 0. The summed E-state index contributed by atoms with van der Waals surface area (Å²) in [5.41, 5.74) is 2.13. The Hall–Kier alpha value is -1.16. The van der Waals surface area contributed by atoms with Gasteiger partial charge in [-0.25, -0.2) is 9.97 Å². The van der Waals surface area contributed by atoms with Crippen molar-refractivity contribution in [3.8, 4) is 0 Å². The minimum Gasteiger partial charge on any atom is -0.373 e. The number of methoxy groups -OCH3 is 1. The lowest BCUT2D eigenvalue weighted by atomic mass is 10.1. The monoisotopic (exact) mass is 237 g/mol. The van der Waals surface area contributed by atoms with Crippen LogP contribution in [-0.4, -0.2) is 23.6 Å². The molecule has 0 aliphatic rings. The van der Waals surface area contributed by atoms with Crippen molar-refractivity contribution in [2.24, 2.45) is 0 Å². The van der Waals surface area contributed by atoms with Gasteiger partial charge in [0.2, 0.25) is 0 Å². The molecule has 4 nitrogen and oxygen atoms in total. The molecular formula is C13H23N3O. The van der Waals surface area contributed by atoms with Crippen LogP contribution >= 0.6 is 0 Å². The second kappa shape index (κ2) is 6.55. The Morgan fingerprint density at radius 2 is 1.94 bits per heavy atom. The van der Waals surface area contributed by atoms with Crippen LogP contribution in [0, 0.1) is 13.8 Å².